The number of hydrogen-bond acceptors (Lipinski definition) is 1. The summed E-state index contributed by atoms with van der Waals surface area (Å²) in [6.07, 6.45) is 2.07. The van der Waals surface area contributed by atoms with E-state index in [1.807, 2.05) is 0 Å². The van der Waals surface area contributed by atoms with Crippen LogP contribution in [0.3, 0.4) is 0 Å². The normalized spacial score (nSPS) is 18.3. The molecule has 76 valence electrons. The lowest BCUT2D eigenvalue weighted by atomic mass is 10.1. The Morgan fingerprint density at radius 2 is 2.14 bits per heavy atom. The molecule has 2 rings (SSSR count). The van der Waals surface area contributed by atoms with Crippen molar-refractivity contribution in [1.29, 1.82) is 0 Å². The number of aliphatic hydroxyl groups is 1. The highest BCUT2D eigenvalue weighted by molar-refractivity contribution is 9.10. The smallest absolute Gasteiger partial charge is 0.139 e. The molecule has 1 aliphatic carbocycles. The summed E-state index contributed by atoms with van der Waals surface area (Å²) in [5, 5.41) is 10.0. The van der Waals surface area contributed by atoms with E-state index in [1.165, 1.54) is 6.07 Å². The van der Waals surface area contributed by atoms with E-state index in [2.05, 4.69) is 15.9 Å². The molecule has 1 aliphatic rings. The van der Waals surface area contributed by atoms with Gasteiger partial charge in [-0.1, -0.05) is 11.6 Å². The van der Waals surface area contributed by atoms with Crippen LogP contribution in [0.1, 0.15) is 18.4 Å². The van der Waals surface area contributed by atoms with Crippen molar-refractivity contribution in [3.63, 3.8) is 0 Å². The van der Waals surface area contributed by atoms with Gasteiger partial charge in [-0.25, -0.2) is 4.39 Å². The zero-order valence-electron chi connectivity index (χ0n) is 7.36. The van der Waals surface area contributed by atoms with Gasteiger partial charge in [-0.15, -0.1) is 0 Å². The van der Waals surface area contributed by atoms with Crippen LogP contribution in [-0.4, -0.2) is 10.7 Å². The van der Waals surface area contributed by atoms with Crippen LogP contribution >= 0.6 is 27.5 Å². The van der Waals surface area contributed by atoms with E-state index in [0.29, 0.717) is 11.4 Å². The topological polar surface area (TPSA) is 20.2 Å². The monoisotopic (exact) mass is 278 g/mol. The predicted octanol–water partition coefficient (Wildman–Crippen LogP) is 3.31. The van der Waals surface area contributed by atoms with Gasteiger partial charge in [0.2, 0.25) is 0 Å². The van der Waals surface area contributed by atoms with E-state index in [0.717, 1.165) is 18.4 Å². The lowest BCUT2D eigenvalue weighted by molar-refractivity contribution is 0.151. The van der Waals surface area contributed by atoms with E-state index < -0.39 is 5.60 Å². The second-order valence-corrected chi connectivity index (χ2v) is 4.97. The van der Waals surface area contributed by atoms with Crippen molar-refractivity contribution >= 4 is 27.5 Å². The fraction of sp³-hybridized carbons (Fsp3) is 0.400. The van der Waals surface area contributed by atoms with Gasteiger partial charge in [0, 0.05) is 6.42 Å². The van der Waals surface area contributed by atoms with Gasteiger partial charge < -0.3 is 5.11 Å². The van der Waals surface area contributed by atoms with E-state index >= 15 is 0 Å². The van der Waals surface area contributed by atoms with Crippen LogP contribution < -0.4 is 0 Å². The lowest BCUT2D eigenvalue weighted by Gasteiger charge is -2.08. The molecule has 0 aliphatic heterocycles. The fourth-order valence-electron chi connectivity index (χ4n) is 1.41. The van der Waals surface area contributed by atoms with Gasteiger partial charge in [0.1, 0.15) is 5.82 Å². The minimum absolute atomic E-state index is 0.283. The maximum absolute atomic E-state index is 13.2. The number of rotatable bonds is 2. The molecule has 0 atom stereocenters. The molecule has 1 nitrogen and oxygen atoms in total. The van der Waals surface area contributed by atoms with Crippen molar-refractivity contribution in [3.05, 3.63) is 33.0 Å². The first-order valence-electron chi connectivity index (χ1n) is 4.36. The molecule has 0 radical (unpaired) electrons. The maximum Gasteiger partial charge on any atom is 0.139 e. The van der Waals surface area contributed by atoms with Crippen molar-refractivity contribution in [2.24, 2.45) is 0 Å². The van der Waals surface area contributed by atoms with Gasteiger partial charge in [0.05, 0.1) is 15.1 Å². The van der Waals surface area contributed by atoms with Crippen LogP contribution in [-0.2, 0) is 6.42 Å². The molecule has 1 fully saturated rings. The summed E-state index contributed by atoms with van der Waals surface area (Å²) in [6, 6.07) is 3.09. The third kappa shape index (κ3) is 2.10. The molecule has 1 aromatic rings. The fourth-order valence-corrected chi connectivity index (χ4v) is 1.87. The molecule has 0 amide bonds. The predicted molar refractivity (Wildman–Crippen MR) is 57.0 cm³/mol. The number of halogens is 3. The third-order valence-electron chi connectivity index (χ3n) is 2.40. The van der Waals surface area contributed by atoms with Crippen molar-refractivity contribution in [3.8, 4) is 0 Å². The Labute approximate surface area is 95.0 Å². The minimum Gasteiger partial charge on any atom is -0.390 e. The number of hydrogen-bond donors (Lipinski definition) is 1. The Bertz CT molecular complexity index is 353. The second kappa shape index (κ2) is 3.47. The summed E-state index contributed by atoms with van der Waals surface area (Å²) in [5.74, 6) is -0.378. The van der Waals surface area contributed by atoms with Crippen molar-refractivity contribution in [2.45, 2.75) is 24.9 Å². The van der Waals surface area contributed by atoms with Crippen LogP contribution in [0.2, 0.25) is 5.02 Å². The van der Waals surface area contributed by atoms with E-state index in [-0.39, 0.29) is 10.3 Å². The molecule has 4 heteroatoms. The zero-order chi connectivity index (χ0) is 10.3. The molecule has 0 heterocycles. The number of benzene rings is 1. The quantitative estimate of drug-likeness (QED) is 0.824. The molecule has 0 bridgehead atoms. The zero-order valence-corrected chi connectivity index (χ0v) is 9.70. The lowest BCUT2D eigenvalue weighted by Crippen LogP contribution is -2.10. The average molecular weight is 280 g/mol. The highest BCUT2D eigenvalue weighted by atomic mass is 79.9. The Balaban J connectivity index is 2.26. The summed E-state index contributed by atoms with van der Waals surface area (Å²) in [5.41, 5.74) is 0.138. The molecule has 1 aromatic carbocycles. The van der Waals surface area contributed by atoms with Crippen LogP contribution in [0.25, 0.3) is 0 Å². The van der Waals surface area contributed by atoms with Gasteiger partial charge in [-0.2, -0.15) is 0 Å². The Kier molecular flexibility index (Phi) is 2.58. The van der Waals surface area contributed by atoms with Gasteiger partial charge in [-0.05, 0) is 46.5 Å². The van der Waals surface area contributed by atoms with Gasteiger partial charge in [-0.3, -0.25) is 0 Å². The van der Waals surface area contributed by atoms with Crippen molar-refractivity contribution < 1.29 is 9.50 Å². The highest BCUT2D eigenvalue weighted by Gasteiger charge is 2.40. The summed E-state index contributed by atoms with van der Waals surface area (Å²) in [4.78, 5) is 0. The molecule has 0 aromatic heterocycles. The van der Waals surface area contributed by atoms with Gasteiger partial charge in [0.15, 0.2) is 0 Å². The summed E-state index contributed by atoms with van der Waals surface area (Å²) >= 11 is 8.84. The van der Waals surface area contributed by atoms with Crippen LogP contribution in [0.5, 0.6) is 0 Å². The first-order valence-corrected chi connectivity index (χ1v) is 5.53. The van der Waals surface area contributed by atoms with Gasteiger partial charge in [0.25, 0.3) is 0 Å². The first-order chi connectivity index (χ1) is 6.50. The first kappa shape index (κ1) is 10.4. The van der Waals surface area contributed by atoms with Crippen molar-refractivity contribution in [1.82, 2.24) is 0 Å². The van der Waals surface area contributed by atoms with Crippen LogP contribution in [0.4, 0.5) is 4.39 Å². The van der Waals surface area contributed by atoms with Crippen LogP contribution in [0, 0.1) is 5.82 Å². The Morgan fingerprint density at radius 1 is 1.50 bits per heavy atom. The van der Waals surface area contributed by atoms with E-state index in [9.17, 15) is 9.50 Å². The molecule has 14 heavy (non-hydrogen) atoms. The largest absolute Gasteiger partial charge is 0.390 e. The Morgan fingerprint density at radius 3 is 2.64 bits per heavy atom. The van der Waals surface area contributed by atoms with Crippen molar-refractivity contribution in [2.75, 3.05) is 0 Å². The highest BCUT2D eigenvalue weighted by Crippen LogP contribution is 2.39. The van der Waals surface area contributed by atoms with Crippen LogP contribution in [0.15, 0.2) is 16.6 Å². The SMILES string of the molecule is OC1(Cc2cc(F)c(Br)c(Cl)c2)CC1. The second-order valence-electron chi connectivity index (χ2n) is 3.77. The standard InChI is InChI=1S/C10H9BrClFO/c11-9-7(12)3-6(4-8(9)13)5-10(14)1-2-10/h3-4,14H,1-2,5H2. The molecular formula is C10H9BrClFO. The molecule has 1 N–H and O–H groups in total. The molecular weight excluding hydrogens is 270 g/mol. The molecule has 1 saturated carbocycles. The Hall–Kier alpha value is -0.120. The molecule has 0 saturated heterocycles. The molecule has 0 unspecified atom stereocenters. The minimum atomic E-state index is -0.608. The average Bonchev–Trinajstić information content (AvgIpc) is 2.79. The summed E-state index contributed by atoms with van der Waals surface area (Å²) in [7, 11) is 0. The van der Waals surface area contributed by atoms with Gasteiger partial charge >= 0.3 is 0 Å². The maximum atomic E-state index is 13.2. The van der Waals surface area contributed by atoms with E-state index in [4.69, 9.17) is 11.6 Å². The third-order valence-corrected chi connectivity index (χ3v) is 3.74. The summed E-state index contributed by atoms with van der Waals surface area (Å²) < 4.78 is 13.5. The molecule has 0 spiro atoms. The summed E-state index contributed by atoms with van der Waals surface area (Å²) in [6.45, 7) is 0. The van der Waals surface area contributed by atoms with E-state index in [1.54, 1.807) is 6.07 Å².